The van der Waals surface area contributed by atoms with Gasteiger partial charge in [-0.05, 0) is 31.2 Å². The van der Waals surface area contributed by atoms with Gasteiger partial charge in [0.1, 0.15) is 5.75 Å². The quantitative estimate of drug-likeness (QED) is 0.795. The van der Waals surface area contributed by atoms with Gasteiger partial charge in [-0.2, -0.15) is 0 Å². The predicted octanol–water partition coefficient (Wildman–Crippen LogP) is 3.43. The zero-order valence-corrected chi connectivity index (χ0v) is 11.3. The van der Waals surface area contributed by atoms with Gasteiger partial charge in [-0.15, -0.1) is 10.2 Å². The van der Waals surface area contributed by atoms with Gasteiger partial charge in [0.15, 0.2) is 5.75 Å². The summed E-state index contributed by atoms with van der Waals surface area (Å²) in [6, 6.07) is 14.5. The SMILES string of the molecule is Cc1ccc(Oc2c(C(=O)O)nnc3ccccc23)cc1. The Morgan fingerprint density at radius 3 is 2.48 bits per heavy atom. The van der Waals surface area contributed by atoms with Crippen LogP contribution in [0.2, 0.25) is 0 Å². The van der Waals surface area contributed by atoms with Gasteiger partial charge in [-0.25, -0.2) is 4.79 Å². The number of aromatic nitrogens is 2. The van der Waals surface area contributed by atoms with Crippen LogP contribution >= 0.6 is 0 Å². The van der Waals surface area contributed by atoms with Crippen LogP contribution in [0.15, 0.2) is 48.5 Å². The predicted molar refractivity (Wildman–Crippen MR) is 77.8 cm³/mol. The Morgan fingerprint density at radius 1 is 1.05 bits per heavy atom. The van der Waals surface area contributed by atoms with E-state index in [1.807, 2.05) is 25.1 Å². The zero-order chi connectivity index (χ0) is 14.8. The maximum Gasteiger partial charge on any atom is 0.360 e. The van der Waals surface area contributed by atoms with E-state index in [-0.39, 0.29) is 11.4 Å². The first-order valence-electron chi connectivity index (χ1n) is 6.38. The van der Waals surface area contributed by atoms with E-state index in [0.717, 1.165) is 5.56 Å². The van der Waals surface area contributed by atoms with Gasteiger partial charge in [-0.3, -0.25) is 0 Å². The fourth-order valence-corrected chi connectivity index (χ4v) is 2.00. The lowest BCUT2D eigenvalue weighted by atomic mass is 10.2. The number of aromatic carboxylic acids is 1. The van der Waals surface area contributed by atoms with Gasteiger partial charge in [0.2, 0.25) is 5.69 Å². The van der Waals surface area contributed by atoms with E-state index < -0.39 is 5.97 Å². The van der Waals surface area contributed by atoms with Crippen LogP contribution < -0.4 is 4.74 Å². The Balaban J connectivity index is 2.16. The van der Waals surface area contributed by atoms with E-state index in [9.17, 15) is 9.90 Å². The molecular formula is C16H12N2O3. The van der Waals surface area contributed by atoms with Crippen molar-refractivity contribution in [3.05, 3.63) is 59.8 Å². The number of hydrogen-bond acceptors (Lipinski definition) is 4. The molecule has 1 aromatic heterocycles. The molecule has 0 saturated heterocycles. The van der Waals surface area contributed by atoms with E-state index in [1.54, 1.807) is 30.3 Å². The van der Waals surface area contributed by atoms with Crippen LogP contribution in [0.4, 0.5) is 0 Å². The Morgan fingerprint density at radius 2 is 1.76 bits per heavy atom. The number of nitrogens with zero attached hydrogens (tertiary/aromatic N) is 2. The summed E-state index contributed by atoms with van der Waals surface area (Å²) in [4.78, 5) is 11.3. The second-order valence-electron chi connectivity index (χ2n) is 4.62. The summed E-state index contributed by atoms with van der Waals surface area (Å²) in [5, 5.41) is 17.5. The van der Waals surface area contributed by atoms with E-state index in [1.165, 1.54) is 0 Å². The van der Waals surface area contributed by atoms with Crippen LogP contribution in [-0.2, 0) is 0 Å². The first kappa shape index (κ1) is 13.1. The molecule has 21 heavy (non-hydrogen) atoms. The van der Waals surface area contributed by atoms with E-state index >= 15 is 0 Å². The Labute approximate surface area is 120 Å². The third kappa shape index (κ3) is 2.53. The summed E-state index contributed by atoms with van der Waals surface area (Å²) >= 11 is 0. The second kappa shape index (κ2) is 5.20. The average molecular weight is 280 g/mol. The fraction of sp³-hybridized carbons (Fsp3) is 0.0625. The molecule has 0 radical (unpaired) electrons. The highest BCUT2D eigenvalue weighted by atomic mass is 16.5. The lowest BCUT2D eigenvalue weighted by Crippen LogP contribution is -2.05. The smallest absolute Gasteiger partial charge is 0.360 e. The summed E-state index contributed by atoms with van der Waals surface area (Å²) in [6.45, 7) is 1.97. The number of fused-ring (bicyclic) bond motifs is 1. The maximum absolute atomic E-state index is 11.3. The molecule has 0 aliphatic heterocycles. The number of hydrogen-bond donors (Lipinski definition) is 1. The molecule has 0 bridgehead atoms. The van der Waals surface area contributed by atoms with Crippen LogP contribution in [-0.4, -0.2) is 21.3 Å². The molecule has 0 aliphatic rings. The summed E-state index contributed by atoms with van der Waals surface area (Å²) in [5.41, 5.74) is 1.48. The van der Waals surface area contributed by atoms with Gasteiger partial charge in [0.25, 0.3) is 0 Å². The minimum Gasteiger partial charge on any atom is -0.476 e. The van der Waals surface area contributed by atoms with E-state index in [2.05, 4.69) is 10.2 Å². The maximum atomic E-state index is 11.3. The molecule has 5 nitrogen and oxygen atoms in total. The first-order valence-corrected chi connectivity index (χ1v) is 6.38. The van der Waals surface area contributed by atoms with Gasteiger partial charge in [0, 0.05) is 5.39 Å². The monoisotopic (exact) mass is 280 g/mol. The normalized spacial score (nSPS) is 10.5. The summed E-state index contributed by atoms with van der Waals surface area (Å²) < 4.78 is 5.76. The van der Waals surface area contributed by atoms with Crippen molar-refractivity contribution in [2.45, 2.75) is 6.92 Å². The van der Waals surface area contributed by atoms with Crippen LogP contribution in [0.25, 0.3) is 10.9 Å². The van der Waals surface area contributed by atoms with Crippen molar-refractivity contribution < 1.29 is 14.6 Å². The number of rotatable bonds is 3. The molecule has 2 aromatic carbocycles. The zero-order valence-electron chi connectivity index (χ0n) is 11.3. The van der Waals surface area contributed by atoms with Crippen molar-refractivity contribution in [3.63, 3.8) is 0 Å². The van der Waals surface area contributed by atoms with Crippen molar-refractivity contribution in [1.82, 2.24) is 10.2 Å². The number of carboxylic acids is 1. The Bertz CT molecular complexity index is 813. The standard InChI is InChI=1S/C16H12N2O3/c1-10-6-8-11(9-7-10)21-15-12-4-2-3-5-13(12)17-18-14(15)16(19)20/h2-9H,1H3,(H,19,20). The summed E-state index contributed by atoms with van der Waals surface area (Å²) in [5.74, 6) is -0.409. The molecule has 0 amide bonds. The fourth-order valence-electron chi connectivity index (χ4n) is 2.00. The number of carbonyl (C=O) groups is 1. The summed E-state index contributed by atoms with van der Waals surface area (Å²) in [7, 11) is 0. The molecule has 0 spiro atoms. The minimum absolute atomic E-state index is 0.200. The molecule has 1 N–H and O–H groups in total. The molecule has 1 heterocycles. The number of ether oxygens (including phenoxy) is 1. The van der Waals surface area contributed by atoms with Crippen LogP contribution in [0, 0.1) is 6.92 Å². The van der Waals surface area contributed by atoms with Crippen molar-refractivity contribution in [2.24, 2.45) is 0 Å². The summed E-state index contributed by atoms with van der Waals surface area (Å²) in [6.07, 6.45) is 0. The topological polar surface area (TPSA) is 72.3 Å². The molecular weight excluding hydrogens is 268 g/mol. The number of carboxylic acid groups (broad SMARTS) is 1. The van der Waals surface area contributed by atoms with Crippen molar-refractivity contribution in [1.29, 1.82) is 0 Å². The van der Waals surface area contributed by atoms with E-state index in [4.69, 9.17) is 4.74 Å². The number of benzene rings is 2. The highest BCUT2D eigenvalue weighted by Gasteiger charge is 2.18. The van der Waals surface area contributed by atoms with Crippen molar-refractivity contribution >= 4 is 16.9 Å². The first-order chi connectivity index (χ1) is 10.1. The van der Waals surface area contributed by atoms with Gasteiger partial charge in [-0.1, -0.05) is 29.8 Å². The molecule has 0 aliphatic carbocycles. The Hall–Kier alpha value is -2.95. The lowest BCUT2D eigenvalue weighted by Gasteiger charge is -2.10. The third-order valence-electron chi connectivity index (χ3n) is 3.06. The third-order valence-corrected chi connectivity index (χ3v) is 3.06. The largest absolute Gasteiger partial charge is 0.476 e. The molecule has 0 unspecified atom stereocenters. The van der Waals surface area contributed by atoms with Gasteiger partial charge >= 0.3 is 5.97 Å². The molecule has 0 atom stereocenters. The van der Waals surface area contributed by atoms with Crippen molar-refractivity contribution in [3.8, 4) is 11.5 Å². The van der Waals surface area contributed by atoms with Crippen LogP contribution in [0.1, 0.15) is 16.1 Å². The second-order valence-corrected chi connectivity index (χ2v) is 4.62. The highest BCUT2D eigenvalue weighted by Crippen LogP contribution is 2.31. The molecule has 5 heteroatoms. The molecule has 3 aromatic rings. The number of aryl methyl sites for hydroxylation is 1. The van der Waals surface area contributed by atoms with E-state index in [0.29, 0.717) is 16.7 Å². The van der Waals surface area contributed by atoms with Crippen molar-refractivity contribution in [2.75, 3.05) is 0 Å². The molecule has 0 saturated carbocycles. The van der Waals surface area contributed by atoms with Gasteiger partial charge in [0.05, 0.1) is 5.52 Å². The van der Waals surface area contributed by atoms with Crippen LogP contribution in [0.3, 0.4) is 0 Å². The minimum atomic E-state index is -1.17. The Kier molecular flexibility index (Phi) is 3.23. The molecule has 0 fully saturated rings. The van der Waals surface area contributed by atoms with Gasteiger partial charge < -0.3 is 9.84 Å². The highest BCUT2D eigenvalue weighted by molar-refractivity contribution is 5.96. The average Bonchev–Trinajstić information content (AvgIpc) is 2.49. The lowest BCUT2D eigenvalue weighted by molar-refractivity contribution is 0.0686. The molecule has 3 rings (SSSR count). The molecule has 104 valence electrons. The van der Waals surface area contributed by atoms with Crippen LogP contribution in [0.5, 0.6) is 11.5 Å².